The standard InChI is InChI=1S/C13H16.2ClH.Zr/c1-3-10-8-12-7-5-6-11(4-2)13(12)9-10;;;/h5-7,9H,3-4,8H2,1-2H3;2*1H;/q;;;+2/p-2. The zero-order valence-corrected chi connectivity index (χ0v) is 13.7. The van der Waals surface area contributed by atoms with Crippen molar-refractivity contribution in [3.8, 4) is 0 Å². The molecule has 0 saturated heterocycles. The molecule has 2 rings (SSSR count). The van der Waals surface area contributed by atoms with Gasteiger partial charge in [-0.1, -0.05) is 43.7 Å². The quantitative estimate of drug-likeness (QED) is 0.716. The average molecular weight is 334 g/mol. The molecule has 16 heavy (non-hydrogen) atoms. The van der Waals surface area contributed by atoms with Crippen molar-refractivity contribution in [2.45, 2.75) is 33.1 Å². The van der Waals surface area contributed by atoms with Crippen LogP contribution in [0.2, 0.25) is 0 Å². The Balaban J connectivity index is 0.000000386. The summed E-state index contributed by atoms with van der Waals surface area (Å²) in [6.07, 6.45) is 5.91. The monoisotopic (exact) mass is 332 g/mol. The first-order chi connectivity index (χ1) is 7.76. The first-order valence-corrected chi connectivity index (χ1v) is 11.9. The third kappa shape index (κ3) is 3.72. The van der Waals surface area contributed by atoms with Gasteiger partial charge in [0.15, 0.2) is 0 Å². The topological polar surface area (TPSA) is 0 Å². The average Bonchev–Trinajstić information content (AvgIpc) is 2.72. The molecule has 0 fully saturated rings. The number of hydrogen-bond donors (Lipinski definition) is 0. The van der Waals surface area contributed by atoms with E-state index in [2.05, 4.69) is 38.1 Å². The van der Waals surface area contributed by atoms with Crippen molar-refractivity contribution in [3.05, 3.63) is 40.5 Å². The van der Waals surface area contributed by atoms with Crippen LogP contribution in [-0.2, 0) is 33.7 Å². The van der Waals surface area contributed by atoms with E-state index in [0.29, 0.717) is 0 Å². The van der Waals surface area contributed by atoms with E-state index in [1.54, 1.807) is 5.57 Å². The fourth-order valence-corrected chi connectivity index (χ4v) is 2.04. The predicted octanol–water partition coefficient (Wildman–Crippen LogP) is 4.98. The summed E-state index contributed by atoms with van der Waals surface area (Å²) in [6, 6.07) is 6.69. The molecular formula is C13H16Cl2Zr. The molecule has 0 unspecified atom stereocenters. The molecule has 86 valence electrons. The molecular weight excluding hydrogens is 318 g/mol. The van der Waals surface area contributed by atoms with E-state index in [1.807, 2.05) is 0 Å². The van der Waals surface area contributed by atoms with Gasteiger partial charge in [0.25, 0.3) is 0 Å². The second-order valence-electron chi connectivity index (χ2n) is 3.75. The van der Waals surface area contributed by atoms with Gasteiger partial charge in [-0.3, -0.25) is 0 Å². The molecule has 1 aliphatic rings. The van der Waals surface area contributed by atoms with Crippen molar-refractivity contribution in [3.63, 3.8) is 0 Å². The summed E-state index contributed by atoms with van der Waals surface area (Å²) in [4.78, 5) is 0. The molecule has 0 spiro atoms. The SMILES string of the molecule is CCC1=Cc2c(CC)cccc2C1.[Cl][Zr][Cl]. The number of halogens is 2. The number of allylic oxidation sites excluding steroid dienone is 1. The minimum atomic E-state index is -0.826. The van der Waals surface area contributed by atoms with Gasteiger partial charge >= 0.3 is 37.9 Å². The summed E-state index contributed by atoms with van der Waals surface area (Å²) in [6.45, 7) is 4.47. The van der Waals surface area contributed by atoms with E-state index in [9.17, 15) is 0 Å². The van der Waals surface area contributed by atoms with Gasteiger partial charge in [0.1, 0.15) is 0 Å². The molecule has 1 aliphatic carbocycles. The van der Waals surface area contributed by atoms with Gasteiger partial charge in [0.2, 0.25) is 0 Å². The number of rotatable bonds is 2. The molecule has 0 heterocycles. The van der Waals surface area contributed by atoms with Crippen LogP contribution in [0.25, 0.3) is 6.08 Å². The second kappa shape index (κ2) is 7.69. The first-order valence-electron chi connectivity index (χ1n) is 5.53. The number of benzene rings is 1. The molecule has 0 N–H and O–H groups in total. The van der Waals surface area contributed by atoms with Crippen LogP contribution in [0.15, 0.2) is 23.8 Å². The Labute approximate surface area is 117 Å². The summed E-state index contributed by atoms with van der Waals surface area (Å²) < 4.78 is 0. The minimum absolute atomic E-state index is 0.826. The number of hydrogen-bond acceptors (Lipinski definition) is 0. The maximum atomic E-state index is 4.93. The molecule has 0 bridgehead atoms. The Hall–Kier alpha value is 0.423. The molecule has 0 nitrogen and oxygen atoms in total. The molecule has 0 aliphatic heterocycles. The summed E-state index contributed by atoms with van der Waals surface area (Å²) in [5, 5.41) is 0. The van der Waals surface area contributed by atoms with E-state index < -0.39 is 20.8 Å². The summed E-state index contributed by atoms with van der Waals surface area (Å²) >= 11 is -0.826. The van der Waals surface area contributed by atoms with Crippen LogP contribution >= 0.6 is 17.0 Å². The Morgan fingerprint density at radius 2 is 1.88 bits per heavy atom. The fraction of sp³-hybridized carbons (Fsp3) is 0.385. The van der Waals surface area contributed by atoms with Gasteiger partial charge in [0.05, 0.1) is 0 Å². The second-order valence-corrected chi connectivity index (χ2v) is 7.48. The van der Waals surface area contributed by atoms with Crippen LogP contribution in [0.5, 0.6) is 0 Å². The third-order valence-electron chi connectivity index (χ3n) is 2.89. The third-order valence-corrected chi connectivity index (χ3v) is 2.89. The van der Waals surface area contributed by atoms with Crippen molar-refractivity contribution < 1.29 is 20.8 Å². The van der Waals surface area contributed by atoms with E-state index in [-0.39, 0.29) is 0 Å². The Morgan fingerprint density at radius 1 is 1.19 bits per heavy atom. The van der Waals surface area contributed by atoms with Gasteiger partial charge in [-0.25, -0.2) is 0 Å². The number of aryl methyl sites for hydroxylation is 1. The van der Waals surface area contributed by atoms with Crippen LogP contribution in [0.3, 0.4) is 0 Å². The van der Waals surface area contributed by atoms with Crippen molar-refractivity contribution in [2.75, 3.05) is 0 Å². The first kappa shape index (κ1) is 14.5. The van der Waals surface area contributed by atoms with Crippen LogP contribution in [-0.4, -0.2) is 0 Å². The van der Waals surface area contributed by atoms with Crippen LogP contribution in [0, 0.1) is 0 Å². The van der Waals surface area contributed by atoms with E-state index in [1.165, 1.54) is 29.5 Å². The molecule has 3 heteroatoms. The van der Waals surface area contributed by atoms with E-state index in [4.69, 9.17) is 17.0 Å². The van der Waals surface area contributed by atoms with Crippen LogP contribution < -0.4 is 0 Å². The Kier molecular flexibility index (Phi) is 6.96. The molecule has 0 aromatic heterocycles. The molecule has 0 saturated carbocycles. The zero-order chi connectivity index (χ0) is 12.0. The van der Waals surface area contributed by atoms with Crippen LogP contribution in [0.1, 0.15) is 37.0 Å². The van der Waals surface area contributed by atoms with E-state index >= 15 is 0 Å². The van der Waals surface area contributed by atoms with Crippen molar-refractivity contribution in [2.24, 2.45) is 0 Å². The van der Waals surface area contributed by atoms with Crippen molar-refractivity contribution >= 4 is 23.1 Å². The molecule has 0 amide bonds. The zero-order valence-electron chi connectivity index (χ0n) is 9.69. The van der Waals surface area contributed by atoms with Gasteiger partial charge < -0.3 is 0 Å². The van der Waals surface area contributed by atoms with Crippen molar-refractivity contribution in [1.29, 1.82) is 0 Å². The summed E-state index contributed by atoms with van der Waals surface area (Å²) in [5.41, 5.74) is 6.11. The molecule has 1 aromatic rings. The molecule has 0 atom stereocenters. The van der Waals surface area contributed by atoms with Gasteiger partial charge in [-0.05, 0) is 36.0 Å². The Bertz CT molecular complexity index is 372. The normalized spacial score (nSPS) is 12.4. The Morgan fingerprint density at radius 3 is 2.44 bits per heavy atom. The summed E-state index contributed by atoms with van der Waals surface area (Å²) in [5.74, 6) is 0. The van der Waals surface area contributed by atoms with Crippen LogP contribution in [0.4, 0.5) is 0 Å². The predicted molar refractivity (Wildman–Crippen MR) is 69.5 cm³/mol. The van der Waals surface area contributed by atoms with Gasteiger partial charge in [0, 0.05) is 0 Å². The van der Waals surface area contributed by atoms with Crippen molar-refractivity contribution in [1.82, 2.24) is 0 Å². The van der Waals surface area contributed by atoms with E-state index in [0.717, 1.165) is 6.42 Å². The number of fused-ring (bicyclic) bond motifs is 1. The molecule has 0 radical (unpaired) electrons. The molecule has 1 aromatic carbocycles. The fourth-order valence-electron chi connectivity index (χ4n) is 2.04. The summed E-state index contributed by atoms with van der Waals surface area (Å²) in [7, 11) is 9.87. The van der Waals surface area contributed by atoms with Gasteiger partial charge in [-0.2, -0.15) is 0 Å². The van der Waals surface area contributed by atoms with Gasteiger partial charge in [-0.15, -0.1) is 0 Å². The maximum absolute atomic E-state index is 4.93.